The van der Waals surface area contributed by atoms with Crippen molar-refractivity contribution in [1.29, 1.82) is 0 Å². The number of hydrogen-bond donors (Lipinski definition) is 2. The van der Waals surface area contributed by atoms with Crippen molar-refractivity contribution in [2.24, 2.45) is 11.8 Å². The maximum atomic E-state index is 12.1. The molecule has 3 amide bonds. The molecule has 18 heavy (non-hydrogen) atoms. The Balaban J connectivity index is 2.16. The monoisotopic (exact) mass is 254 g/mol. The van der Waals surface area contributed by atoms with E-state index in [0.717, 1.165) is 0 Å². The molecule has 2 aliphatic rings. The minimum absolute atomic E-state index is 0.208. The van der Waals surface area contributed by atoms with Crippen LogP contribution in [0.2, 0.25) is 0 Å². The number of piperazine rings is 1. The van der Waals surface area contributed by atoms with E-state index >= 15 is 0 Å². The van der Waals surface area contributed by atoms with E-state index in [-0.39, 0.29) is 13.0 Å². The Kier molecular flexibility index (Phi) is 2.64. The van der Waals surface area contributed by atoms with E-state index in [9.17, 15) is 19.2 Å². The fourth-order valence-electron chi connectivity index (χ4n) is 2.08. The molecule has 98 valence electrons. The third kappa shape index (κ3) is 1.85. The normalized spacial score (nSPS) is 29.8. The summed E-state index contributed by atoms with van der Waals surface area (Å²) < 4.78 is 0. The number of aliphatic carboxylic acids is 1. The Morgan fingerprint density at radius 1 is 1.33 bits per heavy atom. The van der Waals surface area contributed by atoms with Crippen molar-refractivity contribution in [3.63, 3.8) is 0 Å². The number of amides is 3. The molecular weight excluding hydrogens is 240 g/mol. The highest BCUT2D eigenvalue weighted by Crippen LogP contribution is 2.41. The van der Waals surface area contributed by atoms with Crippen LogP contribution in [0.3, 0.4) is 0 Å². The van der Waals surface area contributed by atoms with Crippen molar-refractivity contribution < 1.29 is 24.3 Å². The number of carbonyl (C=O) groups excluding carboxylic acids is 3. The van der Waals surface area contributed by atoms with Gasteiger partial charge in [-0.2, -0.15) is 0 Å². The van der Waals surface area contributed by atoms with E-state index in [1.165, 1.54) is 18.7 Å². The third-order valence-corrected chi connectivity index (χ3v) is 3.48. The van der Waals surface area contributed by atoms with Crippen LogP contribution >= 0.6 is 0 Å². The summed E-state index contributed by atoms with van der Waals surface area (Å²) in [6, 6.07) is 0. The molecule has 0 bridgehead atoms. The first-order chi connectivity index (χ1) is 8.25. The predicted molar refractivity (Wildman–Crippen MR) is 58.2 cm³/mol. The van der Waals surface area contributed by atoms with Crippen LogP contribution in [0.5, 0.6) is 0 Å². The van der Waals surface area contributed by atoms with Gasteiger partial charge >= 0.3 is 5.97 Å². The molecule has 1 aliphatic heterocycles. The van der Waals surface area contributed by atoms with E-state index in [1.54, 1.807) is 0 Å². The molecule has 1 saturated heterocycles. The van der Waals surface area contributed by atoms with Gasteiger partial charge in [-0.25, -0.2) is 0 Å². The molecule has 2 fully saturated rings. The van der Waals surface area contributed by atoms with Crippen molar-refractivity contribution in [1.82, 2.24) is 10.2 Å². The third-order valence-electron chi connectivity index (χ3n) is 3.48. The van der Waals surface area contributed by atoms with Crippen LogP contribution in [0.4, 0.5) is 0 Å². The molecule has 2 unspecified atom stereocenters. The van der Waals surface area contributed by atoms with Crippen molar-refractivity contribution >= 4 is 23.7 Å². The molecule has 2 N–H and O–H groups in total. The minimum Gasteiger partial charge on any atom is -0.481 e. The summed E-state index contributed by atoms with van der Waals surface area (Å²) >= 11 is 0. The molecule has 0 aromatic carbocycles. The maximum Gasteiger partial charge on any atom is 0.307 e. The Morgan fingerprint density at radius 3 is 2.44 bits per heavy atom. The highest BCUT2D eigenvalue weighted by Gasteiger charge is 2.54. The lowest BCUT2D eigenvalue weighted by Crippen LogP contribution is -2.65. The van der Waals surface area contributed by atoms with Gasteiger partial charge in [-0.15, -0.1) is 0 Å². The smallest absolute Gasteiger partial charge is 0.307 e. The number of carboxylic acid groups (broad SMARTS) is 1. The summed E-state index contributed by atoms with van der Waals surface area (Å²) in [6.07, 6.45) is 0.274. The van der Waals surface area contributed by atoms with Crippen molar-refractivity contribution in [3.05, 3.63) is 0 Å². The van der Waals surface area contributed by atoms with Gasteiger partial charge in [-0.05, 0) is 20.3 Å². The zero-order valence-corrected chi connectivity index (χ0v) is 10.1. The summed E-state index contributed by atoms with van der Waals surface area (Å²) in [6.45, 7) is 2.86. The van der Waals surface area contributed by atoms with Crippen LogP contribution in [-0.2, 0) is 19.2 Å². The molecule has 7 nitrogen and oxygen atoms in total. The van der Waals surface area contributed by atoms with Crippen molar-refractivity contribution in [2.45, 2.75) is 25.8 Å². The van der Waals surface area contributed by atoms with E-state index < -0.39 is 41.1 Å². The Morgan fingerprint density at radius 2 is 1.94 bits per heavy atom. The number of imide groups is 1. The Bertz CT molecular complexity index is 456. The molecule has 1 aliphatic carbocycles. The zero-order valence-electron chi connectivity index (χ0n) is 10.1. The van der Waals surface area contributed by atoms with E-state index in [0.29, 0.717) is 0 Å². The van der Waals surface area contributed by atoms with E-state index in [1.807, 2.05) is 0 Å². The average molecular weight is 254 g/mol. The zero-order chi connectivity index (χ0) is 13.7. The van der Waals surface area contributed by atoms with Gasteiger partial charge in [0.25, 0.3) is 5.91 Å². The largest absolute Gasteiger partial charge is 0.481 e. The second-order valence-electron chi connectivity index (χ2n) is 5.15. The lowest BCUT2D eigenvalue weighted by atomic mass is 9.97. The highest BCUT2D eigenvalue weighted by atomic mass is 16.4. The van der Waals surface area contributed by atoms with Gasteiger partial charge in [-0.1, -0.05) is 0 Å². The predicted octanol–water partition coefficient (Wildman–Crippen LogP) is -1.03. The number of carbonyl (C=O) groups is 4. The average Bonchev–Trinajstić information content (AvgIpc) is 3.02. The quantitative estimate of drug-likeness (QED) is 0.613. The standard InChI is InChI=1S/C11H14N2O5/c1-11(2)10(18)12-7(14)4-13(11)8(15)5-3-6(5)9(16)17/h5-6H,3-4H2,1-2H3,(H,16,17)(H,12,14,18). The first-order valence-corrected chi connectivity index (χ1v) is 5.63. The number of nitrogens with zero attached hydrogens (tertiary/aromatic N) is 1. The molecule has 0 radical (unpaired) electrons. The molecular formula is C11H14N2O5. The van der Waals surface area contributed by atoms with Crippen LogP contribution in [0.1, 0.15) is 20.3 Å². The van der Waals surface area contributed by atoms with Gasteiger partial charge in [0.2, 0.25) is 11.8 Å². The van der Waals surface area contributed by atoms with Crippen LogP contribution in [0, 0.1) is 11.8 Å². The van der Waals surface area contributed by atoms with E-state index in [4.69, 9.17) is 5.11 Å². The second kappa shape index (κ2) is 3.79. The molecule has 2 rings (SSSR count). The van der Waals surface area contributed by atoms with Crippen LogP contribution in [-0.4, -0.2) is 45.8 Å². The number of carboxylic acids is 1. The van der Waals surface area contributed by atoms with E-state index in [2.05, 4.69) is 5.32 Å². The summed E-state index contributed by atoms with van der Waals surface area (Å²) in [5.74, 6) is -3.83. The minimum atomic E-state index is -1.13. The van der Waals surface area contributed by atoms with Gasteiger partial charge < -0.3 is 10.0 Å². The Labute approximate surface area is 103 Å². The highest BCUT2D eigenvalue weighted by molar-refractivity contribution is 6.07. The topological polar surface area (TPSA) is 104 Å². The lowest BCUT2D eigenvalue weighted by molar-refractivity contribution is -0.156. The molecule has 2 atom stereocenters. The summed E-state index contributed by atoms with van der Waals surface area (Å²) in [4.78, 5) is 47.0. The van der Waals surface area contributed by atoms with Gasteiger partial charge in [0, 0.05) is 0 Å². The molecule has 0 aromatic rings. The van der Waals surface area contributed by atoms with Crippen LogP contribution in [0.15, 0.2) is 0 Å². The first-order valence-electron chi connectivity index (χ1n) is 5.63. The molecule has 0 spiro atoms. The van der Waals surface area contributed by atoms with Crippen molar-refractivity contribution in [2.75, 3.05) is 6.54 Å². The summed E-state index contributed by atoms with van der Waals surface area (Å²) in [5, 5.41) is 10.9. The van der Waals surface area contributed by atoms with Crippen LogP contribution in [0.25, 0.3) is 0 Å². The lowest BCUT2D eigenvalue weighted by Gasteiger charge is -2.40. The summed E-state index contributed by atoms with van der Waals surface area (Å²) in [7, 11) is 0. The summed E-state index contributed by atoms with van der Waals surface area (Å²) in [5.41, 5.74) is -1.13. The van der Waals surface area contributed by atoms with Crippen molar-refractivity contribution in [3.8, 4) is 0 Å². The van der Waals surface area contributed by atoms with Gasteiger partial charge in [0.05, 0.1) is 11.8 Å². The fraction of sp³-hybridized carbons (Fsp3) is 0.636. The fourth-order valence-corrected chi connectivity index (χ4v) is 2.08. The SMILES string of the molecule is CC1(C)C(=O)NC(=O)CN1C(=O)C1CC1C(=O)O. The molecule has 7 heteroatoms. The number of nitrogens with one attached hydrogen (secondary N) is 1. The molecule has 0 aromatic heterocycles. The Hall–Kier alpha value is -1.92. The van der Waals surface area contributed by atoms with Crippen LogP contribution < -0.4 is 5.32 Å². The first kappa shape index (κ1) is 12.5. The van der Waals surface area contributed by atoms with Gasteiger partial charge in [-0.3, -0.25) is 24.5 Å². The molecule has 1 saturated carbocycles. The maximum absolute atomic E-state index is 12.1. The number of rotatable bonds is 2. The number of hydrogen-bond acceptors (Lipinski definition) is 4. The second-order valence-corrected chi connectivity index (χ2v) is 5.15. The van der Waals surface area contributed by atoms with Gasteiger partial charge in [0.15, 0.2) is 0 Å². The molecule has 1 heterocycles. The van der Waals surface area contributed by atoms with Gasteiger partial charge in [0.1, 0.15) is 12.1 Å².